The molecule has 0 rings (SSSR count). The van der Waals surface area contributed by atoms with Crippen molar-refractivity contribution in [2.45, 2.75) is 6.42 Å². The van der Waals surface area contributed by atoms with E-state index in [0.29, 0.717) is 6.42 Å². The van der Waals surface area contributed by atoms with Gasteiger partial charge < -0.3 is 5.21 Å². The van der Waals surface area contributed by atoms with E-state index in [9.17, 15) is 0 Å². The molecule has 6 heavy (non-hydrogen) atoms. The smallest absolute Gasteiger partial charge is 0.0554 e. The topological polar surface area (TPSA) is 32.6 Å². The highest BCUT2D eigenvalue weighted by Gasteiger charge is 1.60. The molecule has 0 unspecified atom stereocenters. The molecule has 0 aliphatic heterocycles. The van der Waals surface area contributed by atoms with Crippen LogP contribution in [0.15, 0.2) is 5.16 Å². The second kappa shape index (κ2) is 4.03. The molecule has 0 spiro atoms. The normalized spacial score (nSPS) is 8.50. The van der Waals surface area contributed by atoms with Crippen molar-refractivity contribution in [3.63, 3.8) is 0 Å². The minimum Gasteiger partial charge on any atom is -0.411 e. The molecular weight excluding hydrogens is 78.0 g/mol. The SMILES string of the molecule is C#CC/C=N/O. The first kappa shape index (κ1) is 5.03. The van der Waals surface area contributed by atoms with Crippen LogP contribution in [0.4, 0.5) is 0 Å². The summed E-state index contributed by atoms with van der Waals surface area (Å²) in [5, 5.41) is 10.3. The van der Waals surface area contributed by atoms with Gasteiger partial charge in [0.1, 0.15) is 0 Å². The molecular formula is C4H5NO. The van der Waals surface area contributed by atoms with Crippen LogP contribution in [0.1, 0.15) is 6.42 Å². The Balaban J connectivity index is 2.92. The van der Waals surface area contributed by atoms with Crippen molar-refractivity contribution in [3.8, 4) is 12.3 Å². The van der Waals surface area contributed by atoms with Crippen LogP contribution < -0.4 is 0 Å². The van der Waals surface area contributed by atoms with Gasteiger partial charge in [-0.3, -0.25) is 0 Å². The lowest BCUT2D eigenvalue weighted by atomic mass is 10.5. The van der Waals surface area contributed by atoms with E-state index in [2.05, 4.69) is 11.1 Å². The molecule has 0 fully saturated rings. The van der Waals surface area contributed by atoms with Crippen molar-refractivity contribution in [3.05, 3.63) is 0 Å². The first-order valence-electron chi connectivity index (χ1n) is 1.51. The van der Waals surface area contributed by atoms with Crippen molar-refractivity contribution < 1.29 is 5.21 Å². The zero-order valence-electron chi connectivity index (χ0n) is 3.26. The van der Waals surface area contributed by atoms with Gasteiger partial charge in [0.25, 0.3) is 0 Å². The zero-order valence-corrected chi connectivity index (χ0v) is 3.26. The summed E-state index contributed by atoms with van der Waals surface area (Å²) in [6.45, 7) is 0. The summed E-state index contributed by atoms with van der Waals surface area (Å²) < 4.78 is 0. The van der Waals surface area contributed by atoms with Gasteiger partial charge in [-0.2, -0.15) is 0 Å². The van der Waals surface area contributed by atoms with Gasteiger partial charge >= 0.3 is 0 Å². The molecule has 0 bridgehead atoms. The average Bonchev–Trinajstić information content (AvgIpc) is 1.61. The Morgan fingerprint density at radius 2 is 2.67 bits per heavy atom. The van der Waals surface area contributed by atoms with Gasteiger partial charge in [-0.1, -0.05) is 0 Å². The molecule has 0 aromatic carbocycles. The number of terminal acetylenes is 1. The summed E-state index contributed by atoms with van der Waals surface area (Å²) in [5.41, 5.74) is 0. The van der Waals surface area contributed by atoms with Crippen LogP contribution in [0, 0.1) is 12.3 Å². The van der Waals surface area contributed by atoms with Gasteiger partial charge in [0.2, 0.25) is 0 Å². The second-order valence-electron chi connectivity index (χ2n) is 0.706. The van der Waals surface area contributed by atoms with Crippen molar-refractivity contribution >= 4 is 6.21 Å². The minimum atomic E-state index is 0.399. The van der Waals surface area contributed by atoms with Crippen LogP contribution in [0.2, 0.25) is 0 Å². The molecule has 0 saturated heterocycles. The van der Waals surface area contributed by atoms with Crippen molar-refractivity contribution in [2.75, 3.05) is 0 Å². The Bertz CT molecular complexity index is 80.0. The molecule has 0 aliphatic carbocycles. The third-order valence-electron chi connectivity index (χ3n) is 0.291. The summed E-state index contributed by atoms with van der Waals surface area (Å²) in [6.07, 6.45) is 6.41. The molecule has 0 atom stereocenters. The van der Waals surface area contributed by atoms with Gasteiger partial charge in [0.05, 0.1) is 6.21 Å². The lowest BCUT2D eigenvalue weighted by Crippen LogP contribution is -1.65. The second-order valence-corrected chi connectivity index (χ2v) is 0.706. The Hall–Kier alpha value is -0.970. The largest absolute Gasteiger partial charge is 0.411 e. The van der Waals surface area contributed by atoms with E-state index in [1.807, 2.05) is 0 Å². The summed E-state index contributed by atoms with van der Waals surface area (Å²) in [5.74, 6) is 2.26. The number of hydrogen-bond donors (Lipinski definition) is 1. The number of rotatable bonds is 1. The van der Waals surface area contributed by atoms with E-state index >= 15 is 0 Å². The van der Waals surface area contributed by atoms with E-state index in [4.69, 9.17) is 11.6 Å². The molecule has 2 heteroatoms. The molecule has 0 radical (unpaired) electrons. The van der Waals surface area contributed by atoms with Crippen LogP contribution in [0.25, 0.3) is 0 Å². The highest BCUT2D eigenvalue weighted by molar-refractivity contribution is 5.59. The number of oxime groups is 1. The molecule has 0 aromatic heterocycles. The monoisotopic (exact) mass is 83.0 g/mol. The van der Waals surface area contributed by atoms with Crippen LogP contribution in [0.5, 0.6) is 0 Å². The summed E-state index contributed by atoms with van der Waals surface area (Å²) in [4.78, 5) is 0. The third kappa shape index (κ3) is 3.03. The van der Waals surface area contributed by atoms with Crippen LogP contribution in [-0.2, 0) is 0 Å². The molecule has 1 N–H and O–H groups in total. The zero-order chi connectivity index (χ0) is 4.83. The molecule has 0 saturated carbocycles. The maximum atomic E-state index is 7.67. The maximum absolute atomic E-state index is 7.67. The quantitative estimate of drug-likeness (QED) is 0.212. The van der Waals surface area contributed by atoms with Crippen molar-refractivity contribution in [1.82, 2.24) is 0 Å². The van der Waals surface area contributed by atoms with E-state index in [1.165, 1.54) is 6.21 Å². The van der Waals surface area contributed by atoms with Crippen molar-refractivity contribution in [2.24, 2.45) is 5.16 Å². The van der Waals surface area contributed by atoms with E-state index < -0.39 is 0 Å². The standard InChI is InChI=1S/C4H5NO/c1-2-3-4-5-6/h1,4,6H,3H2/b5-4+. The van der Waals surface area contributed by atoms with Crippen LogP contribution in [0.3, 0.4) is 0 Å². The highest BCUT2D eigenvalue weighted by atomic mass is 16.4. The lowest BCUT2D eigenvalue weighted by molar-refractivity contribution is 0.321. The number of hydrogen-bond acceptors (Lipinski definition) is 2. The number of nitrogens with zero attached hydrogens (tertiary/aromatic N) is 1. The van der Waals surface area contributed by atoms with E-state index in [0.717, 1.165) is 0 Å². The van der Waals surface area contributed by atoms with Gasteiger partial charge in [0, 0.05) is 6.42 Å². The highest BCUT2D eigenvalue weighted by Crippen LogP contribution is 1.61. The average molecular weight is 83.1 g/mol. The fourth-order valence-electron chi connectivity index (χ4n) is 0.0935. The van der Waals surface area contributed by atoms with Crippen molar-refractivity contribution in [1.29, 1.82) is 0 Å². The fraction of sp³-hybridized carbons (Fsp3) is 0.250. The molecule has 0 amide bonds. The summed E-state index contributed by atoms with van der Waals surface area (Å²) >= 11 is 0. The molecule has 32 valence electrons. The predicted molar refractivity (Wildman–Crippen MR) is 23.7 cm³/mol. The maximum Gasteiger partial charge on any atom is 0.0554 e. The van der Waals surface area contributed by atoms with Gasteiger partial charge in [-0.05, 0) is 0 Å². The first-order valence-corrected chi connectivity index (χ1v) is 1.51. The lowest BCUT2D eigenvalue weighted by Gasteiger charge is -1.66. The first-order chi connectivity index (χ1) is 2.91. The molecule has 2 nitrogen and oxygen atoms in total. The Morgan fingerprint density at radius 3 is 2.83 bits per heavy atom. The summed E-state index contributed by atoms with van der Waals surface area (Å²) in [6, 6.07) is 0. The third-order valence-corrected chi connectivity index (χ3v) is 0.291. The molecule has 0 aliphatic rings. The van der Waals surface area contributed by atoms with Crippen LogP contribution >= 0.6 is 0 Å². The Kier molecular flexibility index (Phi) is 3.38. The fourth-order valence-corrected chi connectivity index (χ4v) is 0.0935. The van der Waals surface area contributed by atoms with Gasteiger partial charge in [0.15, 0.2) is 0 Å². The minimum absolute atomic E-state index is 0.399. The Morgan fingerprint density at radius 1 is 2.00 bits per heavy atom. The van der Waals surface area contributed by atoms with Gasteiger partial charge in [-0.25, -0.2) is 0 Å². The van der Waals surface area contributed by atoms with E-state index in [1.54, 1.807) is 0 Å². The molecule has 0 aromatic rings. The van der Waals surface area contributed by atoms with Gasteiger partial charge in [-0.15, -0.1) is 17.5 Å². The predicted octanol–water partition coefficient (Wildman–Crippen LogP) is 0.470. The van der Waals surface area contributed by atoms with Crippen LogP contribution in [-0.4, -0.2) is 11.4 Å². The Labute approximate surface area is 36.5 Å². The molecule has 0 heterocycles. The summed E-state index contributed by atoms with van der Waals surface area (Å²) in [7, 11) is 0. The van der Waals surface area contributed by atoms with E-state index in [-0.39, 0.29) is 0 Å².